The van der Waals surface area contributed by atoms with E-state index in [4.69, 9.17) is 5.11 Å². The molecule has 1 N–H and O–H groups in total. The number of likely N-dealkylation sites (tertiary alicyclic amines) is 1. The third-order valence-corrected chi connectivity index (χ3v) is 3.71. The molecule has 1 aliphatic heterocycles. The quantitative estimate of drug-likeness (QED) is 0.820. The largest absolute Gasteiger partial charge is 0.395 e. The molecule has 0 aromatic carbocycles. The van der Waals surface area contributed by atoms with Gasteiger partial charge in [-0.2, -0.15) is 11.3 Å². The fourth-order valence-corrected chi connectivity index (χ4v) is 2.81. The van der Waals surface area contributed by atoms with Gasteiger partial charge in [0, 0.05) is 12.6 Å². The van der Waals surface area contributed by atoms with Crippen molar-refractivity contribution >= 4 is 11.3 Å². The third kappa shape index (κ3) is 2.35. The first-order valence-electron chi connectivity index (χ1n) is 5.26. The molecule has 0 radical (unpaired) electrons. The van der Waals surface area contributed by atoms with E-state index in [1.807, 2.05) is 0 Å². The molecule has 1 saturated heterocycles. The summed E-state index contributed by atoms with van der Waals surface area (Å²) in [6.07, 6.45) is 3.54. The first kappa shape index (κ1) is 10.1. The molecule has 0 saturated carbocycles. The summed E-state index contributed by atoms with van der Waals surface area (Å²) in [6, 6.07) is 2.61. The summed E-state index contributed by atoms with van der Waals surface area (Å²) in [4.78, 5) is 2.41. The normalized spacial score (nSPS) is 23.1. The minimum atomic E-state index is 0.323. The Morgan fingerprint density at radius 1 is 1.57 bits per heavy atom. The van der Waals surface area contributed by atoms with E-state index in [2.05, 4.69) is 21.7 Å². The van der Waals surface area contributed by atoms with Crippen molar-refractivity contribution in [3.05, 3.63) is 22.4 Å². The highest BCUT2D eigenvalue weighted by Gasteiger charge is 2.22. The summed E-state index contributed by atoms with van der Waals surface area (Å²) >= 11 is 1.76. The van der Waals surface area contributed by atoms with Gasteiger partial charge >= 0.3 is 0 Å². The Hall–Kier alpha value is -0.380. The van der Waals surface area contributed by atoms with Crippen LogP contribution in [0.5, 0.6) is 0 Å². The second kappa shape index (κ2) is 4.91. The van der Waals surface area contributed by atoms with Crippen molar-refractivity contribution in [3.8, 4) is 0 Å². The average Bonchev–Trinajstić information content (AvgIpc) is 2.85. The Bertz CT molecular complexity index is 260. The van der Waals surface area contributed by atoms with Gasteiger partial charge in [-0.3, -0.25) is 4.90 Å². The SMILES string of the molecule is OCC1CCCN1CCc1ccsc1. The van der Waals surface area contributed by atoms with E-state index in [-0.39, 0.29) is 0 Å². The lowest BCUT2D eigenvalue weighted by Crippen LogP contribution is -2.33. The van der Waals surface area contributed by atoms with Gasteiger partial charge < -0.3 is 5.11 Å². The standard InChI is InChI=1S/C11H17NOS/c13-8-11-2-1-5-12(11)6-3-10-4-7-14-9-10/h4,7,9,11,13H,1-3,5-6,8H2. The zero-order chi connectivity index (χ0) is 9.80. The van der Waals surface area contributed by atoms with Gasteiger partial charge in [-0.05, 0) is 48.2 Å². The topological polar surface area (TPSA) is 23.5 Å². The Morgan fingerprint density at radius 2 is 2.50 bits per heavy atom. The molecule has 1 atom stereocenters. The van der Waals surface area contributed by atoms with Crippen molar-refractivity contribution in [2.75, 3.05) is 19.7 Å². The lowest BCUT2D eigenvalue weighted by molar-refractivity contribution is 0.160. The maximum atomic E-state index is 9.15. The molecule has 1 aliphatic rings. The molecular formula is C11H17NOS. The maximum Gasteiger partial charge on any atom is 0.0586 e. The molecule has 1 aromatic rings. The minimum absolute atomic E-state index is 0.323. The molecule has 14 heavy (non-hydrogen) atoms. The van der Waals surface area contributed by atoms with Crippen LogP contribution in [0.4, 0.5) is 0 Å². The number of aliphatic hydroxyl groups is 1. The molecule has 1 unspecified atom stereocenters. The van der Waals surface area contributed by atoms with Crippen LogP contribution in [0.2, 0.25) is 0 Å². The van der Waals surface area contributed by atoms with Gasteiger partial charge in [-0.15, -0.1) is 0 Å². The van der Waals surface area contributed by atoms with E-state index in [9.17, 15) is 0 Å². The lowest BCUT2D eigenvalue weighted by atomic mass is 10.2. The van der Waals surface area contributed by atoms with Crippen molar-refractivity contribution in [3.63, 3.8) is 0 Å². The zero-order valence-electron chi connectivity index (χ0n) is 8.35. The zero-order valence-corrected chi connectivity index (χ0v) is 9.17. The summed E-state index contributed by atoms with van der Waals surface area (Å²) in [6.45, 7) is 2.58. The van der Waals surface area contributed by atoms with E-state index in [1.165, 1.54) is 18.4 Å². The monoisotopic (exact) mass is 211 g/mol. The van der Waals surface area contributed by atoms with Gasteiger partial charge in [-0.1, -0.05) is 0 Å². The molecule has 1 aromatic heterocycles. The van der Waals surface area contributed by atoms with Gasteiger partial charge in [0.2, 0.25) is 0 Å². The summed E-state index contributed by atoms with van der Waals surface area (Å²) in [5.74, 6) is 0. The molecule has 2 heterocycles. The van der Waals surface area contributed by atoms with Crippen LogP contribution < -0.4 is 0 Å². The van der Waals surface area contributed by atoms with E-state index in [0.29, 0.717) is 12.6 Å². The van der Waals surface area contributed by atoms with Crippen molar-refractivity contribution in [2.24, 2.45) is 0 Å². The molecule has 78 valence electrons. The van der Waals surface area contributed by atoms with E-state index >= 15 is 0 Å². The highest BCUT2D eigenvalue weighted by Crippen LogP contribution is 2.17. The molecule has 0 amide bonds. The fourth-order valence-electron chi connectivity index (χ4n) is 2.10. The highest BCUT2D eigenvalue weighted by molar-refractivity contribution is 7.07. The van der Waals surface area contributed by atoms with Gasteiger partial charge in [0.25, 0.3) is 0 Å². The first-order chi connectivity index (χ1) is 6.90. The molecule has 3 heteroatoms. The van der Waals surface area contributed by atoms with Crippen LogP contribution in [0, 0.1) is 0 Å². The number of hydrogen-bond acceptors (Lipinski definition) is 3. The van der Waals surface area contributed by atoms with Crippen LogP contribution in [0.15, 0.2) is 16.8 Å². The molecule has 2 nitrogen and oxygen atoms in total. The number of nitrogens with zero attached hydrogens (tertiary/aromatic N) is 1. The van der Waals surface area contributed by atoms with Crippen molar-refractivity contribution in [1.29, 1.82) is 0 Å². The average molecular weight is 211 g/mol. The Kier molecular flexibility index (Phi) is 3.56. The fraction of sp³-hybridized carbons (Fsp3) is 0.636. The highest BCUT2D eigenvalue weighted by atomic mass is 32.1. The predicted octanol–water partition coefficient (Wildman–Crippen LogP) is 1.75. The van der Waals surface area contributed by atoms with E-state index in [1.54, 1.807) is 11.3 Å². The summed E-state index contributed by atoms with van der Waals surface area (Å²) in [5, 5.41) is 13.5. The minimum Gasteiger partial charge on any atom is -0.395 e. The van der Waals surface area contributed by atoms with Crippen LogP contribution in [0.25, 0.3) is 0 Å². The molecule has 0 spiro atoms. The van der Waals surface area contributed by atoms with Crippen LogP contribution >= 0.6 is 11.3 Å². The number of hydrogen-bond donors (Lipinski definition) is 1. The van der Waals surface area contributed by atoms with Crippen molar-refractivity contribution < 1.29 is 5.11 Å². The predicted molar refractivity (Wildman–Crippen MR) is 59.7 cm³/mol. The molecule has 0 aliphatic carbocycles. The van der Waals surface area contributed by atoms with Crippen LogP contribution in [0.1, 0.15) is 18.4 Å². The Labute approximate surface area is 89.2 Å². The second-order valence-corrected chi connectivity index (χ2v) is 4.68. The molecule has 0 bridgehead atoms. The Balaban J connectivity index is 1.80. The van der Waals surface area contributed by atoms with Crippen LogP contribution in [0.3, 0.4) is 0 Å². The van der Waals surface area contributed by atoms with Gasteiger partial charge in [-0.25, -0.2) is 0 Å². The maximum absolute atomic E-state index is 9.15. The molecular weight excluding hydrogens is 194 g/mol. The summed E-state index contributed by atoms with van der Waals surface area (Å²) < 4.78 is 0. The smallest absolute Gasteiger partial charge is 0.0586 e. The molecule has 1 fully saturated rings. The number of thiophene rings is 1. The summed E-state index contributed by atoms with van der Waals surface area (Å²) in [7, 11) is 0. The third-order valence-electron chi connectivity index (χ3n) is 2.98. The number of rotatable bonds is 4. The van der Waals surface area contributed by atoms with Gasteiger partial charge in [0.05, 0.1) is 6.61 Å². The van der Waals surface area contributed by atoms with Crippen LogP contribution in [-0.4, -0.2) is 35.7 Å². The van der Waals surface area contributed by atoms with E-state index < -0.39 is 0 Å². The van der Waals surface area contributed by atoms with Crippen molar-refractivity contribution in [2.45, 2.75) is 25.3 Å². The van der Waals surface area contributed by atoms with Gasteiger partial charge in [0.1, 0.15) is 0 Å². The first-order valence-corrected chi connectivity index (χ1v) is 6.20. The van der Waals surface area contributed by atoms with Crippen molar-refractivity contribution in [1.82, 2.24) is 4.90 Å². The molecule has 2 rings (SSSR count). The Morgan fingerprint density at radius 3 is 3.21 bits per heavy atom. The van der Waals surface area contributed by atoms with Gasteiger partial charge in [0.15, 0.2) is 0 Å². The van der Waals surface area contributed by atoms with Crippen LogP contribution in [-0.2, 0) is 6.42 Å². The van der Waals surface area contributed by atoms with E-state index in [0.717, 1.165) is 19.5 Å². The lowest BCUT2D eigenvalue weighted by Gasteiger charge is -2.22. The summed E-state index contributed by atoms with van der Waals surface area (Å²) in [5.41, 5.74) is 1.43. The number of aliphatic hydroxyl groups excluding tert-OH is 1. The second-order valence-electron chi connectivity index (χ2n) is 3.90.